The van der Waals surface area contributed by atoms with Gasteiger partial charge in [0.25, 0.3) is 0 Å². The van der Waals surface area contributed by atoms with E-state index in [4.69, 9.17) is 0 Å². The molecule has 1 aromatic rings. The van der Waals surface area contributed by atoms with Gasteiger partial charge in [0.15, 0.2) is 0 Å². The van der Waals surface area contributed by atoms with E-state index in [0.29, 0.717) is 11.8 Å². The topological polar surface area (TPSA) is 70.1 Å². The van der Waals surface area contributed by atoms with E-state index in [1.807, 2.05) is 20.8 Å². The first-order chi connectivity index (χ1) is 7.48. The molecule has 0 radical (unpaired) electrons. The lowest BCUT2D eigenvalue weighted by molar-refractivity contribution is 0.234. The van der Waals surface area contributed by atoms with Crippen LogP contribution in [0.15, 0.2) is 10.7 Å². The van der Waals surface area contributed by atoms with Gasteiger partial charge in [0.1, 0.15) is 5.82 Å². The standard InChI is InChI=1S/C10H17BrN4O/c1-4-12-9-13-5-7(11)8(14-9)15-10(2,3)6-16/h5,16H,4,6H2,1-3H3,(H2,12,13,14,15). The van der Waals surface area contributed by atoms with E-state index in [2.05, 4.69) is 36.5 Å². The smallest absolute Gasteiger partial charge is 0.224 e. The summed E-state index contributed by atoms with van der Waals surface area (Å²) in [6, 6.07) is 0. The van der Waals surface area contributed by atoms with Crippen molar-refractivity contribution in [2.45, 2.75) is 26.3 Å². The number of hydrogen-bond donors (Lipinski definition) is 3. The second kappa shape index (κ2) is 5.45. The van der Waals surface area contributed by atoms with Crippen LogP contribution in [-0.4, -0.2) is 33.8 Å². The maximum absolute atomic E-state index is 9.18. The number of anilines is 2. The second-order valence-electron chi connectivity index (χ2n) is 4.09. The zero-order chi connectivity index (χ0) is 12.2. The molecule has 0 amide bonds. The Labute approximate surface area is 104 Å². The van der Waals surface area contributed by atoms with Crippen LogP contribution in [0.5, 0.6) is 0 Å². The quantitative estimate of drug-likeness (QED) is 0.772. The minimum atomic E-state index is -0.416. The molecular formula is C10H17BrN4O. The molecule has 1 rings (SSSR count). The lowest BCUT2D eigenvalue weighted by Gasteiger charge is -2.24. The molecule has 0 spiro atoms. The zero-order valence-corrected chi connectivity index (χ0v) is 11.3. The SMILES string of the molecule is CCNc1ncc(Br)c(NC(C)(C)CO)n1. The first-order valence-electron chi connectivity index (χ1n) is 5.14. The predicted octanol–water partition coefficient (Wildman–Crippen LogP) is 1.85. The van der Waals surface area contributed by atoms with Crippen LogP contribution in [0.3, 0.4) is 0 Å². The van der Waals surface area contributed by atoms with Gasteiger partial charge < -0.3 is 15.7 Å². The fourth-order valence-corrected chi connectivity index (χ4v) is 1.35. The molecule has 0 aromatic carbocycles. The Morgan fingerprint density at radius 1 is 1.50 bits per heavy atom. The molecular weight excluding hydrogens is 272 g/mol. The average molecular weight is 289 g/mol. The van der Waals surface area contributed by atoms with Gasteiger partial charge >= 0.3 is 0 Å². The van der Waals surface area contributed by atoms with Crippen molar-refractivity contribution in [3.8, 4) is 0 Å². The van der Waals surface area contributed by atoms with Crippen molar-refractivity contribution < 1.29 is 5.11 Å². The lowest BCUT2D eigenvalue weighted by Crippen LogP contribution is -2.35. The molecule has 0 aliphatic heterocycles. The number of rotatable bonds is 5. The zero-order valence-electron chi connectivity index (χ0n) is 9.71. The van der Waals surface area contributed by atoms with Crippen molar-refractivity contribution in [3.05, 3.63) is 10.7 Å². The highest BCUT2D eigenvalue weighted by molar-refractivity contribution is 9.10. The van der Waals surface area contributed by atoms with Crippen LogP contribution >= 0.6 is 15.9 Å². The summed E-state index contributed by atoms with van der Waals surface area (Å²) in [5.41, 5.74) is -0.416. The minimum absolute atomic E-state index is 0.0278. The van der Waals surface area contributed by atoms with Crippen LogP contribution in [0.4, 0.5) is 11.8 Å². The third-order valence-electron chi connectivity index (χ3n) is 1.93. The summed E-state index contributed by atoms with van der Waals surface area (Å²) in [7, 11) is 0. The Balaban J connectivity index is 2.89. The summed E-state index contributed by atoms with van der Waals surface area (Å²) in [5.74, 6) is 1.24. The fourth-order valence-electron chi connectivity index (χ4n) is 1.06. The minimum Gasteiger partial charge on any atom is -0.394 e. The summed E-state index contributed by atoms with van der Waals surface area (Å²) in [4.78, 5) is 8.42. The van der Waals surface area contributed by atoms with Gasteiger partial charge in [-0.05, 0) is 36.7 Å². The van der Waals surface area contributed by atoms with Crippen molar-refractivity contribution in [1.29, 1.82) is 0 Å². The van der Waals surface area contributed by atoms with Crippen molar-refractivity contribution >= 4 is 27.7 Å². The number of nitrogens with one attached hydrogen (secondary N) is 2. The molecule has 5 nitrogen and oxygen atoms in total. The molecule has 0 aliphatic carbocycles. The molecule has 0 saturated carbocycles. The first-order valence-corrected chi connectivity index (χ1v) is 5.93. The molecule has 0 aliphatic rings. The van der Waals surface area contributed by atoms with Crippen LogP contribution in [0, 0.1) is 0 Å². The van der Waals surface area contributed by atoms with Crippen molar-refractivity contribution in [2.75, 3.05) is 23.8 Å². The Morgan fingerprint density at radius 3 is 2.75 bits per heavy atom. The predicted molar refractivity (Wildman–Crippen MR) is 68.7 cm³/mol. The Hall–Kier alpha value is -0.880. The van der Waals surface area contributed by atoms with E-state index in [0.717, 1.165) is 11.0 Å². The van der Waals surface area contributed by atoms with E-state index in [1.54, 1.807) is 6.20 Å². The summed E-state index contributed by atoms with van der Waals surface area (Å²) >= 11 is 3.37. The molecule has 3 N–H and O–H groups in total. The van der Waals surface area contributed by atoms with Gasteiger partial charge in [-0.25, -0.2) is 4.98 Å². The van der Waals surface area contributed by atoms with Crippen LogP contribution < -0.4 is 10.6 Å². The van der Waals surface area contributed by atoms with Crippen LogP contribution in [0.1, 0.15) is 20.8 Å². The molecule has 0 saturated heterocycles. The molecule has 6 heteroatoms. The van der Waals surface area contributed by atoms with E-state index in [-0.39, 0.29) is 6.61 Å². The normalized spacial score (nSPS) is 11.3. The number of halogens is 1. The lowest BCUT2D eigenvalue weighted by atomic mass is 10.1. The summed E-state index contributed by atoms with van der Waals surface area (Å²) in [6.45, 7) is 6.57. The molecule has 1 aromatic heterocycles. The van der Waals surface area contributed by atoms with Crippen molar-refractivity contribution in [2.24, 2.45) is 0 Å². The van der Waals surface area contributed by atoms with Crippen LogP contribution in [0.2, 0.25) is 0 Å². The van der Waals surface area contributed by atoms with Crippen LogP contribution in [-0.2, 0) is 0 Å². The van der Waals surface area contributed by atoms with Gasteiger partial charge in [-0.2, -0.15) is 4.98 Å². The van der Waals surface area contributed by atoms with E-state index in [9.17, 15) is 5.11 Å². The van der Waals surface area contributed by atoms with Crippen LogP contribution in [0.25, 0.3) is 0 Å². The van der Waals surface area contributed by atoms with Gasteiger partial charge in [-0.3, -0.25) is 0 Å². The van der Waals surface area contributed by atoms with Gasteiger partial charge in [-0.1, -0.05) is 0 Å². The Morgan fingerprint density at radius 2 is 2.19 bits per heavy atom. The third kappa shape index (κ3) is 3.61. The Bertz CT molecular complexity index is 357. The maximum atomic E-state index is 9.18. The molecule has 0 atom stereocenters. The van der Waals surface area contributed by atoms with Gasteiger partial charge in [0, 0.05) is 12.7 Å². The average Bonchev–Trinajstić information content (AvgIpc) is 2.23. The first kappa shape index (κ1) is 13.2. The summed E-state index contributed by atoms with van der Waals surface area (Å²) in [6.07, 6.45) is 1.68. The fraction of sp³-hybridized carbons (Fsp3) is 0.600. The molecule has 90 valence electrons. The molecule has 0 unspecified atom stereocenters. The third-order valence-corrected chi connectivity index (χ3v) is 2.51. The van der Waals surface area contributed by atoms with Gasteiger partial charge in [0.05, 0.1) is 16.6 Å². The molecule has 1 heterocycles. The van der Waals surface area contributed by atoms with Crippen molar-refractivity contribution in [1.82, 2.24) is 9.97 Å². The Kier molecular flexibility index (Phi) is 4.49. The summed E-state index contributed by atoms with van der Waals surface area (Å²) in [5, 5.41) is 15.4. The highest BCUT2D eigenvalue weighted by Gasteiger charge is 2.18. The number of aliphatic hydroxyl groups is 1. The number of hydrogen-bond acceptors (Lipinski definition) is 5. The highest BCUT2D eigenvalue weighted by Crippen LogP contribution is 2.23. The second-order valence-corrected chi connectivity index (χ2v) is 4.94. The monoisotopic (exact) mass is 288 g/mol. The van der Waals surface area contributed by atoms with E-state index < -0.39 is 5.54 Å². The van der Waals surface area contributed by atoms with Gasteiger partial charge in [0.2, 0.25) is 5.95 Å². The van der Waals surface area contributed by atoms with E-state index in [1.165, 1.54) is 0 Å². The largest absolute Gasteiger partial charge is 0.394 e. The maximum Gasteiger partial charge on any atom is 0.224 e. The number of aliphatic hydroxyl groups excluding tert-OH is 1. The summed E-state index contributed by atoms with van der Waals surface area (Å²) < 4.78 is 0.774. The number of aromatic nitrogens is 2. The van der Waals surface area contributed by atoms with Crippen molar-refractivity contribution in [3.63, 3.8) is 0 Å². The number of nitrogens with zero attached hydrogens (tertiary/aromatic N) is 2. The highest BCUT2D eigenvalue weighted by atomic mass is 79.9. The molecule has 16 heavy (non-hydrogen) atoms. The van der Waals surface area contributed by atoms with E-state index >= 15 is 0 Å². The molecule has 0 bridgehead atoms. The molecule has 0 fully saturated rings. The van der Waals surface area contributed by atoms with Gasteiger partial charge in [-0.15, -0.1) is 0 Å².